The number of nitrogens with one attached hydrogen (secondary N) is 2. The quantitative estimate of drug-likeness (QED) is 0.179. The van der Waals surface area contributed by atoms with Crippen molar-refractivity contribution in [2.24, 2.45) is 10.9 Å². The van der Waals surface area contributed by atoms with Crippen molar-refractivity contribution in [3.8, 4) is 5.75 Å². The zero-order valence-corrected chi connectivity index (χ0v) is 18.6. The first-order chi connectivity index (χ1) is 13.0. The Morgan fingerprint density at radius 2 is 1.86 bits per heavy atom. The molecule has 0 bridgehead atoms. The molecular weight excluding hydrogens is 475 g/mol. The molecule has 8 nitrogen and oxygen atoms in total. The monoisotopic (exact) mass is 504 g/mol. The number of aliphatic imine (C=N–C) groups is 1. The Morgan fingerprint density at radius 1 is 1.21 bits per heavy atom. The van der Waals surface area contributed by atoms with Crippen LogP contribution >= 0.6 is 24.0 Å². The molecule has 0 atom stereocenters. The number of nitrogens with zero attached hydrogens (tertiary/aromatic N) is 2. The Hall–Kier alpha value is -2.04. The number of hydrogen-bond acceptors (Lipinski definition) is 5. The summed E-state index contributed by atoms with van der Waals surface area (Å²) in [5.74, 6) is 0.531. The number of carbonyl (C=O) groups is 2. The fourth-order valence-corrected chi connectivity index (χ4v) is 2.97. The first-order valence-electron chi connectivity index (χ1n) is 9.23. The highest BCUT2D eigenvalue weighted by Crippen LogP contribution is 2.18. The summed E-state index contributed by atoms with van der Waals surface area (Å²) in [6.45, 7) is 5.09. The van der Waals surface area contributed by atoms with Crippen LogP contribution in [-0.4, -0.2) is 67.7 Å². The molecule has 0 unspecified atom stereocenters. The lowest BCUT2D eigenvalue weighted by Gasteiger charge is -2.33. The molecule has 1 aliphatic heterocycles. The zero-order chi connectivity index (χ0) is 19.6. The van der Waals surface area contributed by atoms with Crippen molar-refractivity contribution in [2.45, 2.75) is 19.8 Å². The number of likely N-dealkylation sites (tertiary alicyclic amines) is 1. The summed E-state index contributed by atoms with van der Waals surface area (Å²) in [4.78, 5) is 30.4. The number of phenolic OH excluding ortho intramolecular Hbond substituents is 1. The van der Waals surface area contributed by atoms with Crippen molar-refractivity contribution in [2.75, 3.05) is 39.8 Å². The van der Waals surface area contributed by atoms with Crippen LogP contribution < -0.4 is 10.6 Å². The van der Waals surface area contributed by atoms with E-state index in [0.29, 0.717) is 18.7 Å². The van der Waals surface area contributed by atoms with Gasteiger partial charge in [-0.25, -0.2) is 0 Å². The number of benzene rings is 1. The minimum Gasteiger partial charge on any atom is -0.508 e. The predicted octanol–water partition coefficient (Wildman–Crippen LogP) is 1.59. The molecule has 0 spiro atoms. The van der Waals surface area contributed by atoms with E-state index in [4.69, 9.17) is 4.74 Å². The molecule has 0 radical (unpaired) electrons. The molecule has 28 heavy (non-hydrogen) atoms. The minimum absolute atomic E-state index is 0. The van der Waals surface area contributed by atoms with E-state index in [-0.39, 0.29) is 47.5 Å². The molecule has 156 valence electrons. The van der Waals surface area contributed by atoms with E-state index >= 15 is 0 Å². The smallest absolute Gasteiger partial charge is 0.308 e. The Labute approximate surface area is 182 Å². The maximum absolute atomic E-state index is 12.0. The second-order valence-corrected chi connectivity index (χ2v) is 6.32. The van der Waals surface area contributed by atoms with E-state index in [0.717, 1.165) is 38.4 Å². The first-order valence-corrected chi connectivity index (χ1v) is 9.23. The van der Waals surface area contributed by atoms with Crippen molar-refractivity contribution in [3.63, 3.8) is 0 Å². The molecule has 0 aliphatic carbocycles. The molecule has 1 amide bonds. The first kappa shape index (κ1) is 24.0. The van der Waals surface area contributed by atoms with Crippen LogP contribution in [0.15, 0.2) is 29.3 Å². The lowest BCUT2D eigenvalue weighted by molar-refractivity contribution is -0.146. The van der Waals surface area contributed by atoms with Crippen molar-refractivity contribution in [3.05, 3.63) is 29.8 Å². The van der Waals surface area contributed by atoms with Gasteiger partial charge in [0.1, 0.15) is 5.75 Å². The fourth-order valence-electron chi connectivity index (χ4n) is 2.97. The van der Waals surface area contributed by atoms with Gasteiger partial charge < -0.3 is 25.4 Å². The van der Waals surface area contributed by atoms with Gasteiger partial charge in [0.2, 0.25) is 0 Å². The summed E-state index contributed by atoms with van der Waals surface area (Å²) in [6, 6.07) is 6.11. The number of rotatable bonds is 6. The van der Waals surface area contributed by atoms with E-state index in [2.05, 4.69) is 20.5 Å². The molecule has 0 saturated carbocycles. The molecule has 1 aromatic rings. The van der Waals surface area contributed by atoms with E-state index < -0.39 is 0 Å². The van der Waals surface area contributed by atoms with Gasteiger partial charge in [0, 0.05) is 31.7 Å². The van der Waals surface area contributed by atoms with Crippen LogP contribution in [0.25, 0.3) is 0 Å². The number of methoxy groups -OCH3 is 1. The number of piperidine rings is 1. The van der Waals surface area contributed by atoms with Gasteiger partial charge in [-0.2, -0.15) is 0 Å². The molecule has 1 saturated heterocycles. The number of aromatic hydroxyl groups is 1. The van der Waals surface area contributed by atoms with Crippen LogP contribution in [0.4, 0.5) is 0 Å². The molecule has 3 N–H and O–H groups in total. The molecule has 1 fully saturated rings. The summed E-state index contributed by atoms with van der Waals surface area (Å²) in [6.07, 6.45) is 1.49. The second-order valence-electron chi connectivity index (χ2n) is 6.32. The van der Waals surface area contributed by atoms with Gasteiger partial charge in [-0.3, -0.25) is 14.6 Å². The third-order valence-electron chi connectivity index (χ3n) is 4.45. The van der Waals surface area contributed by atoms with Gasteiger partial charge >= 0.3 is 5.97 Å². The number of esters is 1. The standard InChI is InChI=1S/C19H28N4O4.HI/c1-3-20-19(23-12-8-15(9-13-23)18(26)27-2)22-11-10-21-17(25)14-4-6-16(24)7-5-14;/h4-7,15,24H,3,8-13H2,1-2H3,(H,20,22)(H,21,25);1H. The Balaban J connectivity index is 0.00000392. The summed E-state index contributed by atoms with van der Waals surface area (Å²) in [5, 5.41) is 15.3. The van der Waals surface area contributed by atoms with Gasteiger partial charge in [-0.15, -0.1) is 24.0 Å². The van der Waals surface area contributed by atoms with E-state index in [1.54, 1.807) is 12.1 Å². The average Bonchev–Trinajstić information content (AvgIpc) is 2.70. The number of ether oxygens (including phenoxy) is 1. The Morgan fingerprint density at radius 3 is 2.43 bits per heavy atom. The highest BCUT2D eigenvalue weighted by atomic mass is 127. The van der Waals surface area contributed by atoms with Crippen LogP contribution in [0.3, 0.4) is 0 Å². The van der Waals surface area contributed by atoms with Crippen LogP contribution in [0.2, 0.25) is 0 Å². The molecule has 1 aromatic carbocycles. The lowest BCUT2D eigenvalue weighted by atomic mass is 9.97. The van der Waals surface area contributed by atoms with Gasteiger partial charge in [-0.1, -0.05) is 0 Å². The van der Waals surface area contributed by atoms with Gasteiger partial charge in [0.15, 0.2) is 5.96 Å². The van der Waals surface area contributed by atoms with Crippen molar-refractivity contribution >= 4 is 41.8 Å². The maximum Gasteiger partial charge on any atom is 0.308 e. The third kappa shape index (κ3) is 7.17. The van der Waals surface area contributed by atoms with Crippen LogP contribution in [-0.2, 0) is 9.53 Å². The van der Waals surface area contributed by atoms with Crippen LogP contribution in [0, 0.1) is 5.92 Å². The van der Waals surface area contributed by atoms with Crippen molar-refractivity contribution in [1.82, 2.24) is 15.5 Å². The minimum atomic E-state index is -0.200. The lowest BCUT2D eigenvalue weighted by Crippen LogP contribution is -2.47. The summed E-state index contributed by atoms with van der Waals surface area (Å²) in [7, 11) is 1.42. The SMILES string of the molecule is CCNC(=NCCNC(=O)c1ccc(O)cc1)N1CCC(C(=O)OC)CC1.I. The Kier molecular flexibility index (Phi) is 10.6. The van der Waals surface area contributed by atoms with E-state index in [1.807, 2.05) is 6.92 Å². The van der Waals surface area contributed by atoms with Crippen LogP contribution in [0.5, 0.6) is 5.75 Å². The van der Waals surface area contributed by atoms with Crippen molar-refractivity contribution in [1.29, 1.82) is 0 Å². The highest BCUT2D eigenvalue weighted by molar-refractivity contribution is 14.0. The predicted molar refractivity (Wildman–Crippen MR) is 118 cm³/mol. The van der Waals surface area contributed by atoms with Crippen molar-refractivity contribution < 1.29 is 19.4 Å². The number of amides is 1. The summed E-state index contributed by atoms with van der Waals surface area (Å²) < 4.78 is 4.82. The maximum atomic E-state index is 12.0. The number of halogens is 1. The summed E-state index contributed by atoms with van der Waals surface area (Å²) in [5.41, 5.74) is 0.494. The second kappa shape index (κ2) is 12.4. The third-order valence-corrected chi connectivity index (χ3v) is 4.45. The van der Waals surface area contributed by atoms with Crippen LogP contribution in [0.1, 0.15) is 30.1 Å². The molecule has 0 aromatic heterocycles. The van der Waals surface area contributed by atoms with Gasteiger partial charge in [-0.05, 0) is 44.0 Å². The van der Waals surface area contributed by atoms with E-state index in [1.165, 1.54) is 19.2 Å². The molecule has 1 heterocycles. The Bertz CT molecular complexity index is 658. The molecular formula is C19H29IN4O4. The fraction of sp³-hybridized carbons (Fsp3) is 0.526. The average molecular weight is 504 g/mol. The number of hydrogen-bond donors (Lipinski definition) is 3. The number of guanidine groups is 1. The largest absolute Gasteiger partial charge is 0.508 e. The number of carbonyl (C=O) groups excluding carboxylic acids is 2. The normalized spacial score (nSPS) is 14.8. The van der Waals surface area contributed by atoms with E-state index in [9.17, 15) is 14.7 Å². The highest BCUT2D eigenvalue weighted by Gasteiger charge is 2.26. The topological polar surface area (TPSA) is 103 Å². The molecule has 9 heteroatoms. The molecule has 1 aliphatic rings. The van der Waals surface area contributed by atoms with Gasteiger partial charge in [0.25, 0.3) is 5.91 Å². The van der Waals surface area contributed by atoms with Gasteiger partial charge in [0.05, 0.1) is 19.6 Å². The summed E-state index contributed by atoms with van der Waals surface area (Å²) >= 11 is 0. The number of phenols is 1. The zero-order valence-electron chi connectivity index (χ0n) is 16.3. The molecule has 2 rings (SSSR count).